The second kappa shape index (κ2) is 7.28. The Labute approximate surface area is 129 Å². The minimum absolute atomic E-state index is 0.157. The fraction of sp³-hybridized carbons (Fsp3) is 0.667. The van der Waals surface area contributed by atoms with Gasteiger partial charge in [0, 0.05) is 31.4 Å². The zero-order valence-electron chi connectivity index (χ0n) is 13.7. The van der Waals surface area contributed by atoms with Crippen molar-refractivity contribution in [2.45, 2.75) is 52.2 Å². The number of hydrogen-bond donors (Lipinski definition) is 2. The van der Waals surface area contributed by atoms with E-state index < -0.39 is 0 Å². The highest BCUT2D eigenvalue weighted by molar-refractivity contribution is 5.46. The van der Waals surface area contributed by atoms with Crippen LogP contribution in [-0.4, -0.2) is 36.9 Å². The van der Waals surface area contributed by atoms with Crippen LogP contribution in [0.4, 0.5) is 5.69 Å². The first-order valence-corrected chi connectivity index (χ1v) is 8.18. The fourth-order valence-corrected chi connectivity index (χ4v) is 3.27. The van der Waals surface area contributed by atoms with Gasteiger partial charge in [0.1, 0.15) is 0 Å². The Kier molecular flexibility index (Phi) is 5.65. The summed E-state index contributed by atoms with van der Waals surface area (Å²) >= 11 is 0. The lowest BCUT2D eigenvalue weighted by molar-refractivity contribution is 0.125. The van der Waals surface area contributed by atoms with Crippen LogP contribution in [0.15, 0.2) is 30.3 Å². The highest BCUT2D eigenvalue weighted by Crippen LogP contribution is 2.23. The summed E-state index contributed by atoms with van der Waals surface area (Å²) in [6.45, 7) is 9.56. The first kappa shape index (κ1) is 16.3. The summed E-state index contributed by atoms with van der Waals surface area (Å²) < 4.78 is 0. The lowest BCUT2D eigenvalue weighted by Crippen LogP contribution is -2.45. The smallest absolute Gasteiger partial charge is 0.0517 e. The van der Waals surface area contributed by atoms with Crippen molar-refractivity contribution in [1.82, 2.24) is 5.32 Å². The van der Waals surface area contributed by atoms with E-state index in [1.807, 2.05) is 6.92 Å². The van der Waals surface area contributed by atoms with Crippen molar-refractivity contribution in [1.29, 1.82) is 0 Å². The topological polar surface area (TPSA) is 35.5 Å². The van der Waals surface area contributed by atoms with E-state index in [1.165, 1.54) is 18.5 Å². The van der Waals surface area contributed by atoms with Crippen molar-refractivity contribution < 1.29 is 5.11 Å². The van der Waals surface area contributed by atoms with E-state index in [1.54, 1.807) is 0 Å². The summed E-state index contributed by atoms with van der Waals surface area (Å²) in [5.74, 6) is 0. The number of piperidine rings is 1. The van der Waals surface area contributed by atoms with Crippen molar-refractivity contribution in [3.8, 4) is 0 Å². The first-order valence-electron chi connectivity index (χ1n) is 8.18. The van der Waals surface area contributed by atoms with Gasteiger partial charge in [0.15, 0.2) is 0 Å². The van der Waals surface area contributed by atoms with Gasteiger partial charge in [-0.25, -0.2) is 0 Å². The van der Waals surface area contributed by atoms with Gasteiger partial charge < -0.3 is 15.3 Å². The molecule has 118 valence electrons. The van der Waals surface area contributed by atoms with E-state index in [4.69, 9.17) is 0 Å². The van der Waals surface area contributed by atoms with Crippen molar-refractivity contribution in [2.75, 3.05) is 24.5 Å². The number of nitrogens with one attached hydrogen (secondary N) is 1. The van der Waals surface area contributed by atoms with Crippen LogP contribution >= 0.6 is 0 Å². The van der Waals surface area contributed by atoms with Crippen LogP contribution in [0.25, 0.3) is 0 Å². The van der Waals surface area contributed by atoms with Gasteiger partial charge in [0.2, 0.25) is 0 Å². The standard InChI is InChI=1S/C18H30N2O/c1-15(21)13-18(2,3)14-19-16-9-11-20(12-10-16)17-7-5-4-6-8-17/h4-8,15-16,19,21H,9-14H2,1-3H3. The Bertz CT molecular complexity index is 408. The number of anilines is 1. The third kappa shape index (κ3) is 5.33. The SMILES string of the molecule is CC(O)CC(C)(C)CNC1CCN(c2ccccc2)CC1. The number of para-hydroxylation sites is 1. The third-order valence-corrected chi connectivity index (χ3v) is 4.33. The van der Waals surface area contributed by atoms with Gasteiger partial charge >= 0.3 is 0 Å². The van der Waals surface area contributed by atoms with Crippen LogP contribution < -0.4 is 10.2 Å². The second-order valence-electron chi connectivity index (χ2n) is 7.20. The molecule has 1 atom stereocenters. The van der Waals surface area contributed by atoms with Crippen LogP contribution in [0.2, 0.25) is 0 Å². The maximum atomic E-state index is 9.55. The molecule has 1 saturated heterocycles. The quantitative estimate of drug-likeness (QED) is 0.845. The monoisotopic (exact) mass is 290 g/mol. The molecule has 1 aromatic carbocycles. The summed E-state index contributed by atoms with van der Waals surface area (Å²) in [7, 11) is 0. The zero-order valence-corrected chi connectivity index (χ0v) is 13.7. The predicted octanol–water partition coefficient (Wildman–Crippen LogP) is 3.04. The molecule has 1 aliphatic heterocycles. The summed E-state index contributed by atoms with van der Waals surface area (Å²) in [5, 5.41) is 13.3. The average molecular weight is 290 g/mol. The van der Waals surface area contributed by atoms with Gasteiger partial charge in [0.25, 0.3) is 0 Å². The maximum absolute atomic E-state index is 9.55. The Hall–Kier alpha value is -1.06. The number of benzene rings is 1. The minimum atomic E-state index is -0.221. The number of hydrogen-bond acceptors (Lipinski definition) is 3. The van der Waals surface area contributed by atoms with Crippen LogP contribution in [0.1, 0.15) is 40.0 Å². The Morgan fingerprint density at radius 1 is 1.24 bits per heavy atom. The summed E-state index contributed by atoms with van der Waals surface area (Å²) in [6.07, 6.45) is 3.02. The van der Waals surface area contributed by atoms with Gasteiger partial charge in [0.05, 0.1) is 6.10 Å². The van der Waals surface area contributed by atoms with Crippen LogP contribution in [-0.2, 0) is 0 Å². The van der Waals surface area contributed by atoms with E-state index in [0.29, 0.717) is 6.04 Å². The zero-order chi connectivity index (χ0) is 15.3. The molecule has 2 rings (SSSR count). The largest absolute Gasteiger partial charge is 0.393 e. The predicted molar refractivity (Wildman–Crippen MR) is 89.8 cm³/mol. The molecular formula is C18H30N2O. The van der Waals surface area contributed by atoms with E-state index in [0.717, 1.165) is 26.1 Å². The number of rotatable bonds is 6. The van der Waals surface area contributed by atoms with Gasteiger partial charge in [-0.05, 0) is 43.7 Å². The van der Waals surface area contributed by atoms with Gasteiger partial charge in [-0.1, -0.05) is 32.0 Å². The molecular weight excluding hydrogens is 260 g/mol. The van der Waals surface area contributed by atoms with E-state index in [9.17, 15) is 5.11 Å². The average Bonchev–Trinajstić information content (AvgIpc) is 2.45. The fourth-order valence-electron chi connectivity index (χ4n) is 3.27. The Balaban J connectivity index is 1.74. The molecule has 0 aliphatic carbocycles. The molecule has 1 unspecified atom stereocenters. The minimum Gasteiger partial charge on any atom is -0.393 e. The van der Waals surface area contributed by atoms with Crippen molar-refractivity contribution in [2.24, 2.45) is 5.41 Å². The Morgan fingerprint density at radius 3 is 2.43 bits per heavy atom. The molecule has 3 nitrogen and oxygen atoms in total. The van der Waals surface area contributed by atoms with Crippen molar-refractivity contribution >= 4 is 5.69 Å². The molecule has 1 fully saturated rings. The highest BCUT2D eigenvalue weighted by atomic mass is 16.3. The van der Waals surface area contributed by atoms with E-state index >= 15 is 0 Å². The second-order valence-corrected chi connectivity index (χ2v) is 7.20. The van der Waals surface area contributed by atoms with Crippen LogP contribution in [0, 0.1) is 5.41 Å². The van der Waals surface area contributed by atoms with Gasteiger partial charge in [-0.3, -0.25) is 0 Å². The van der Waals surface area contributed by atoms with E-state index in [-0.39, 0.29) is 11.5 Å². The Morgan fingerprint density at radius 2 is 1.86 bits per heavy atom. The van der Waals surface area contributed by atoms with Crippen LogP contribution in [0.5, 0.6) is 0 Å². The molecule has 0 amide bonds. The van der Waals surface area contributed by atoms with E-state index in [2.05, 4.69) is 54.4 Å². The third-order valence-electron chi connectivity index (χ3n) is 4.33. The van der Waals surface area contributed by atoms with Gasteiger partial charge in [-0.15, -0.1) is 0 Å². The molecule has 0 aromatic heterocycles. The molecule has 21 heavy (non-hydrogen) atoms. The molecule has 0 saturated carbocycles. The normalized spacial score (nSPS) is 18.8. The molecule has 0 bridgehead atoms. The molecule has 2 N–H and O–H groups in total. The summed E-state index contributed by atoms with van der Waals surface area (Å²) in [6, 6.07) is 11.3. The molecule has 0 spiro atoms. The maximum Gasteiger partial charge on any atom is 0.0517 e. The summed E-state index contributed by atoms with van der Waals surface area (Å²) in [4.78, 5) is 2.47. The highest BCUT2D eigenvalue weighted by Gasteiger charge is 2.24. The van der Waals surface area contributed by atoms with Crippen molar-refractivity contribution in [3.05, 3.63) is 30.3 Å². The lowest BCUT2D eigenvalue weighted by atomic mass is 9.86. The number of aliphatic hydroxyl groups excluding tert-OH is 1. The number of nitrogens with zero attached hydrogens (tertiary/aromatic N) is 1. The molecule has 1 heterocycles. The molecule has 3 heteroatoms. The lowest BCUT2D eigenvalue weighted by Gasteiger charge is -2.36. The van der Waals surface area contributed by atoms with Crippen molar-refractivity contribution in [3.63, 3.8) is 0 Å². The first-order chi connectivity index (χ1) is 9.96. The van der Waals surface area contributed by atoms with Gasteiger partial charge in [-0.2, -0.15) is 0 Å². The number of aliphatic hydroxyl groups is 1. The molecule has 1 aliphatic rings. The summed E-state index contributed by atoms with van der Waals surface area (Å²) in [5.41, 5.74) is 1.50. The van der Waals surface area contributed by atoms with Crippen LogP contribution in [0.3, 0.4) is 0 Å². The molecule has 0 radical (unpaired) electrons. The molecule has 1 aromatic rings.